The standard InChI is InChI=1S/C10H15N3O4/c1-10(9(14)15,13(16)17)8(12-11)7-5-3-2-4-6-7/h2-6,8,12,16-17H,11H2,1H3,(H,14,15)/t8?,10-/m0/s1. The van der Waals surface area contributed by atoms with Gasteiger partial charge in [0.05, 0.1) is 6.04 Å². The van der Waals surface area contributed by atoms with Crippen LogP contribution in [0, 0.1) is 0 Å². The first-order valence-electron chi connectivity index (χ1n) is 4.87. The zero-order chi connectivity index (χ0) is 13.1. The van der Waals surface area contributed by atoms with Crippen molar-refractivity contribution in [3.8, 4) is 0 Å². The van der Waals surface area contributed by atoms with E-state index in [-0.39, 0.29) is 5.23 Å². The summed E-state index contributed by atoms with van der Waals surface area (Å²) in [5.41, 5.74) is 0.797. The molecule has 0 aliphatic carbocycles. The van der Waals surface area contributed by atoms with Crippen molar-refractivity contribution in [3.63, 3.8) is 0 Å². The Morgan fingerprint density at radius 1 is 1.41 bits per heavy atom. The lowest BCUT2D eigenvalue weighted by Crippen LogP contribution is -2.58. The van der Waals surface area contributed by atoms with Gasteiger partial charge in [-0.1, -0.05) is 35.6 Å². The van der Waals surface area contributed by atoms with Gasteiger partial charge >= 0.3 is 5.97 Å². The summed E-state index contributed by atoms with van der Waals surface area (Å²) < 4.78 is 0. The maximum atomic E-state index is 11.2. The third-order valence-electron chi connectivity index (χ3n) is 2.71. The second-order valence-corrected chi connectivity index (χ2v) is 3.75. The van der Waals surface area contributed by atoms with E-state index in [4.69, 9.17) is 21.4 Å². The summed E-state index contributed by atoms with van der Waals surface area (Å²) >= 11 is 0. The number of rotatable bonds is 5. The molecule has 1 rings (SSSR count). The first-order valence-corrected chi connectivity index (χ1v) is 4.87. The van der Waals surface area contributed by atoms with Crippen molar-refractivity contribution >= 4 is 5.97 Å². The van der Waals surface area contributed by atoms with Crippen LogP contribution in [0.3, 0.4) is 0 Å². The van der Waals surface area contributed by atoms with Crippen molar-refractivity contribution < 1.29 is 20.3 Å². The van der Waals surface area contributed by atoms with Gasteiger partial charge in [0.15, 0.2) is 5.54 Å². The highest BCUT2D eigenvalue weighted by atomic mass is 16.8. The Hall–Kier alpha value is -1.51. The number of nitrogens with one attached hydrogen (secondary N) is 1. The highest BCUT2D eigenvalue weighted by molar-refractivity contribution is 5.79. The molecular formula is C10H15N3O4. The normalized spacial score (nSPS) is 16.5. The fourth-order valence-corrected chi connectivity index (χ4v) is 1.55. The third kappa shape index (κ3) is 2.43. The molecule has 0 amide bonds. The molecule has 7 nitrogen and oxygen atoms in total. The van der Waals surface area contributed by atoms with Crippen LogP contribution in [-0.2, 0) is 4.79 Å². The summed E-state index contributed by atoms with van der Waals surface area (Å²) in [5.74, 6) is 3.88. The van der Waals surface area contributed by atoms with E-state index in [2.05, 4.69) is 5.43 Å². The number of aliphatic carboxylic acids is 1. The maximum absolute atomic E-state index is 11.2. The van der Waals surface area contributed by atoms with Crippen LogP contribution in [0.4, 0.5) is 0 Å². The summed E-state index contributed by atoms with van der Waals surface area (Å²) in [6.45, 7) is 1.15. The molecule has 0 saturated carbocycles. The van der Waals surface area contributed by atoms with Gasteiger partial charge in [-0.3, -0.25) is 21.7 Å². The molecule has 1 aromatic carbocycles. The van der Waals surface area contributed by atoms with Gasteiger partial charge in [-0.05, 0) is 12.5 Å². The molecule has 0 saturated heterocycles. The maximum Gasteiger partial charge on any atom is 0.330 e. The second-order valence-electron chi connectivity index (χ2n) is 3.75. The number of hydrogen-bond donors (Lipinski definition) is 5. The van der Waals surface area contributed by atoms with Gasteiger partial charge in [0, 0.05) is 0 Å². The number of benzene rings is 1. The fraction of sp³-hybridized carbons (Fsp3) is 0.300. The van der Waals surface area contributed by atoms with Crippen molar-refractivity contribution in [2.45, 2.75) is 18.5 Å². The topological polar surface area (TPSA) is 119 Å². The monoisotopic (exact) mass is 241 g/mol. The molecule has 0 bridgehead atoms. The molecule has 0 radical (unpaired) electrons. The van der Waals surface area contributed by atoms with E-state index < -0.39 is 17.6 Å². The largest absolute Gasteiger partial charge is 0.480 e. The van der Waals surface area contributed by atoms with Crippen molar-refractivity contribution in [1.82, 2.24) is 10.7 Å². The van der Waals surface area contributed by atoms with Crippen LogP contribution in [0.25, 0.3) is 0 Å². The SMILES string of the molecule is C[C@@](C(=O)O)(C(NN)c1ccccc1)N(O)O. The van der Waals surface area contributed by atoms with Gasteiger partial charge in [0.2, 0.25) is 0 Å². The van der Waals surface area contributed by atoms with E-state index in [1.807, 2.05) is 0 Å². The first-order chi connectivity index (χ1) is 7.94. The quantitative estimate of drug-likeness (QED) is 0.367. The summed E-state index contributed by atoms with van der Waals surface area (Å²) in [6, 6.07) is 7.42. The van der Waals surface area contributed by atoms with E-state index in [0.29, 0.717) is 5.56 Å². The Labute approximate surface area is 98.0 Å². The lowest BCUT2D eigenvalue weighted by molar-refractivity contribution is -0.358. The number of carbonyl (C=O) groups is 1. The minimum Gasteiger partial charge on any atom is -0.480 e. The van der Waals surface area contributed by atoms with Gasteiger partial charge in [-0.25, -0.2) is 4.79 Å². The van der Waals surface area contributed by atoms with Crippen LogP contribution in [0.5, 0.6) is 0 Å². The zero-order valence-corrected chi connectivity index (χ0v) is 9.24. The second kappa shape index (κ2) is 5.21. The summed E-state index contributed by atoms with van der Waals surface area (Å²) in [4.78, 5) is 11.2. The van der Waals surface area contributed by atoms with Gasteiger partial charge in [0.25, 0.3) is 0 Å². The lowest BCUT2D eigenvalue weighted by atomic mass is 9.88. The van der Waals surface area contributed by atoms with E-state index in [1.165, 1.54) is 0 Å². The summed E-state index contributed by atoms with van der Waals surface area (Å²) in [6.07, 6.45) is 0. The van der Waals surface area contributed by atoms with Crippen LogP contribution in [0.2, 0.25) is 0 Å². The van der Waals surface area contributed by atoms with Crippen molar-refractivity contribution in [3.05, 3.63) is 35.9 Å². The van der Waals surface area contributed by atoms with E-state index in [0.717, 1.165) is 6.92 Å². The summed E-state index contributed by atoms with van der Waals surface area (Å²) in [7, 11) is 0. The molecule has 6 N–H and O–H groups in total. The molecule has 17 heavy (non-hydrogen) atoms. The smallest absolute Gasteiger partial charge is 0.330 e. The molecule has 0 fully saturated rings. The van der Waals surface area contributed by atoms with Crippen molar-refractivity contribution in [2.24, 2.45) is 5.84 Å². The van der Waals surface area contributed by atoms with E-state index in [9.17, 15) is 4.79 Å². The van der Waals surface area contributed by atoms with Crippen LogP contribution >= 0.6 is 0 Å². The molecule has 0 aromatic heterocycles. The van der Waals surface area contributed by atoms with Gasteiger partial charge in [-0.15, -0.1) is 0 Å². The molecule has 1 unspecified atom stereocenters. The Morgan fingerprint density at radius 2 is 1.94 bits per heavy atom. The third-order valence-corrected chi connectivity index (χ3v) is 2.71. The summed E-state index contributed by atoms with van der Waals surface area (Å²) in [5, 5.41) is 27.0. The highest BCUT2D eigenvalue weighted by Gasteiger charge is 2.47. The highest BCUT2D eigenvalue weighted by Crippen LogP contribution is 2.29. The Morgan fingerprint density at radius 3 is 2.29 bits per heavy atom. The molecular weight excluding hydrogens is 226 g/mol. The predicted octanol–water partition coefficient (Wildman–Crippen LogP) is 0.115. The van der Waals surface area contributed by atoms with E-state index in [1.54, 1.807) is 30.3 Å². The number of hydroxylamine groups is 2. The van der Waals surface area contributed by atoms with Crippen LogP contribution in [-0.4, -0.2) is 32.3 Å². The number of nitrogens with zero attached hydrogens (tertiary/aromatic N) is 1. The van der Waals surface area contributed by atoms with Crippen molar-refractivity contribution in [2.75, 3.05) is 0 Å². The Kier molecular flexibility index (Phi) is 4.16. The number of carboxylic acid groups (broad SMARTS) is 1. The van der Waals surface area contributed by atoms with Gasteiger partial charge < -0.3 is 5.11 Å². The average molecular weight is 241 g/mol. The average Bonchev–Trinajstić information content (AvgIpc) is 2.30. The molecule has 7 heteroatoms. The van der Waals surface area contributed by atoms with Crippen molar-refractivity contribution in [1.29, 1.82) is 0 Å². The molecule has 0 spiro atoms. The molecule has 0 aliphatic heterocycles. The van der Waals surface area contributed by atoms with Gasteiger partial charge in [-0.2, -0.15) is 0 Å². The Balaban J connectivity index is 3.20. The van der Waals surface area contributed by atoms with Crippen LogP contribution in [0.1, 0.15) is 18.5 Å². The lowest BCUT2D eigenvalue weighted by Gasteiger charge is -2.35. The predicted molar refractivity (Wildman–Crippen MR) is 58.0 cm³/mol. The molecule has 0 heterocycles. The van der Waals surface area contributed by atoms with Crippen LogP contribution in [0.15, 0.2) is 30.3 Å². The van der Waals surface area contributed by atoms with Crippen LogP contribution < -0.4 is 11.3 Å². The molecule has 94 valence electrons. The fourth-order valence-electron chi connectivity index (χ4n) is 1.55. The van der Waals surface area contributed by atoms with Gasteiger partial charge in [0.1, 0.15) is 0 Å². The number of hydrogen-bond acceptors (Lipinski definition) is 6. The zero-order valence-electron chi connectivity index (χ0n) is 9.24. The number of hydrazine groups is 1. The number of carboxylic acids is 1. The molecule has 0 aliphatic rings. The Bertz CT molecular complexity index is 384. The first kappa shape index (κ1) is 13.6. The minimum atomic E-state index is -2.00. The minimum absolute atomic E-state index is 0.354. The number of nitrogens with two attached hydrogens (primary N) is 1. The molecule has 2 atom stereocenters. The van der Waals surface area contributed by atoms with E-state index >= 15 is 0 Å². The molecule has 1 aromatic rings.